The van der Waals surface area contributed by atoms with Gasteiger partial charge in [-0.15, -0.1) is 0 Å². The number of hydrogen-bond acceptors (Lipinski definition) is 6. The van der Waals surface area contributed by atoms with Gasteiger partial charge in [0.05, 0.1) is 24.5 Å². The summed E-state index contributed by atoms with van der Waals surface area (Å²) in [4.78, 5) is 26.7. The Balaban J connectivity index is 2.14. The molecule has 7 nitrogen and oxygen atoms in total. The van der Waals surface area contributed by atoms with Crippen molar-refractivity contribution in [3.05, 3.63) is 59.3 Å². The standard InChI is InChI=1S/C20H20FNO6/c1-26-9-4-8-22-17(15-5-3-10-28-15)16(19(24)20(22)25)18(23)13-11-12(21)6-7-14(13)27-2/h3,5-7,10-11,17,23H,4,8-9H2,1-2H3/b18-16-. The third kappa shape index (κ3) is 3.50. The second-order valence-corrected chi connectivity index (χ2v) is 6.20. The topological polar surface area (TPSA) is 89.2 Å². The molecule has 28 heavy (non-hydrogen) atoms. The molecule has 1 saturated heterocycles. The molecular weight excluding hydrogens is 369 g/mol. The van der Waals surface area contributed by atoms with Crippen molar-refractivity contribution in [3.8, 4) is 5.75 Å². The predicted octanol–water partition coefficient (Wildman–Crippen LogP) is 2.89. The molecule has 1 aliphatic heterocycles. The summed E-state index contributed by atoms with van der Waals surface area (Å²) in [5.74, 6) is -2.30. The van der Waals surface area contributed by atoms with Crippen LogP contribution in [0.15, 0.2) is 46.6 Å². The molecule has 0 radical (unpaired) electrons. The molecule has 1 atom stereocenters. The lowest BCUT2D eigenvalue weighted by Crippen LogP contribution is -2.31. The van der Waals surface area contributed by atoms with Crippen LogP contribution in [0.2, 0.25) is 0 Å². The van der Waals surface area contributed by atoms with Gasteiger partial charge in [-0.3, -0.25) is 9.59 Å². The van der Waals surface area contributed by atoms with E-state index < -0.39 is 29.3 Å². The second kappa shape index (κ2) is 8.26. The summed E-state index contributed by atoms with van der Waals surface area (Å²) in [7, 11) is 2.89. The molecule has 0 bridgehead atoms. The van der Waals surface area contributed by atoms with Gasteiger partial charge in [0.25, 0.3) is 11.7 Å². The number of likely N-dealkylation sites (tertiary alicyclic amines) is 1. The van der Waals surface area contributed by atoms with Gasteiger partial charge in [0.15, 0.2) is 0 Å². The average Bonchev–Trinajstić information content (AvgIpc) is 3.30. The summed E-state index contributed by atoms with van der Waals surface area (Å²) < 4.78 is 29.4. The number of carbonyl (C=O) groups excluding carboxylic acids is 2. The lowest BCUT2D eigenvalue weighted by molar-refractivity contribution is -0.140. The highest BCUT2D eigenvalue weighted by Gasteiger charge is 2.47. The van der Waals surface area contributed by atoms with Crippen LogP contribution in [-0.2, 0) is 14.3 Å². The van der Waals surface area contributed by atoms with Gasteiger partial charge in [-0.25, -0.2) is 4.39 Å². The number of hydrogen-bond donors (Lipinski definition) is 1. The van der Waals surface area contributed by atoms with Gasteiger partial charge in [0, 0.05) is 20.3 Å². The van der Waals surface area contributed by atoms with Gasteiger partial charge in [0.1, 0.15) is 29.1 Å². The average molecular weight is 389 g/mol. The Labute approximate surface area is 161 Å². The molecule has 1 aliphatic rings. The summed E-state index contributed by atoms with van der Waals surface area (Å²) in [6.07, 6.45) is 1.90. The van der Waals surface area contributed by atoms with Gasteiger partial charge < -0.3 is 23.9 Å². The Morgan fingerprint density at radius 3 is 2.71 bits per heavy atom. The monoisotopic (exact) mass is 389 g/mol. The van der Waals surface area contributed by atoms with Crippen molar-refractivity contribution in [3.63, 3.8) is 0 Å². The van der Waals surface area contributed by atoms with Crippen LogP contribution in [0.4, 0.5) is 4.39 Å². The SMILES string of the molecule is COCCCN1C(=O)C(=O)/C(=C(\O)c2cc(F)ccc2OC)C1c1ccco1. The molecule has 3 rings (SSSR count). The van der Waals surface area contributed by atoms with Crippen LogP contribution in [-0.4, -0.2) is 49.1 Å². The molecule has 1 fully saturated rings. The third-order valence-corrected chi connectivity index (χ3v) is 4.52. The molecule has 2 heterocycles. The lowest BCUT2D eigenvalue weighted by atomic mass is 9.98. The van der Waals surface area contributed by atoms with Crippen molar-refractivity contribution in [2.24, 2.45) is 0 Å². The molecule has 1 aromatic heterocycles. The number of methoxy groups -OCH3 is 2. The zero-order chi connectivity index (χ0) is 20.3. The number of rotatable bonds is 7. The number of amides is 1. The van der Waals surface area contributed by atoms with Crippen LogP contribution in [0.25, 0.3) is 5.76 Å². The lowest BCUT2D eigenvalue weighted by Gasteiger charge is -2.23. The molecular formula is C20H20FNO6. The first-order chi connectivity index (χ1) is 13.5. The van der Waals surface area contributed by atoms with Gasteiger partial charge in [0.2, 0.25) is 0 Å². The van der Waals surface area contributed by atoms with Gasteiger partial charge in [-0.2, -0.15) is 0 Å². The number of ketones is 1. The molecule has 0 saturated carbocycles. The summed E-state index contributed by atoms with van der Waals surface area (Å²) in [5, 5.41) is 10.9. The van der Waals surface area contributed by atoms with Crippen LogP contribution in [0.1, 0.15) is 23.8 Å². The van der Waals surface area contributed by atoms with E-state index in [1.807, 2.05) is 0 Å². The van der Waals surface area contributed by atoms with Crippen molar-refractivity contribution in [2.75, 3.05) is 27.4 Å². The van der Waals surface area contributed by atoms with E-state index in [4.69, 9.17) is 13.9 Å². The maximum Gasteiger partial charge on any atom is 0.295 e. The first kappa shape index (κ1) is 19.6. The summed E-state index contributed by atoms with van der Waals surface area (Å²) in [6.45, 7) is 0.618. The fraction of sp³-hybridized carbons (Fsp3) is 0.300. The van der Waals surface area contributed by atoms with Crippen LogP contribution < -0.4 is 4.74 Å². The van der Waals surface area contributed by atoms with Crippen molar-refractivity contribution in [2.45, 2.75) is 12.5 Å². The Morgan fingerprint density at radius 1 is 1.29 bits per heavy atom. The van der Waals surface area contributed by atoms with Crippen LogP contribution in [0, 0.1) is 5.82 Å². The zero-order valence-electron chi connectivity index (χ0n) is 15.5. The van der Waals surface area contributed by atoms with Gasteiger partial charge in [-0.1, -0.05) is 0 Å². The van der Waals surface area contributed by atoms with E-state index in [9.17, 15) is 19.1 Å². The highest BCUT2D eigenvalue weighted by atomic mass is 19.1. The van der Waals surface area contributed by atoms with E-state index in [0.717, 1.165) is 6.07 Å². The fourth-order valence-corrected chi connectivity index (χ4v) is 3.24. The van der Waals surface area contributed by atoms with Crippen molar-refractivity contribution < 1.29 is 33.0 Å². The highest BCUT2D eigenvalue weighted by Crippen LogP contribution is 2.41. The largest absolute Gasteiger partial charge is 0.507 e. The Hall–Kier alpha value is -3.13. The van der Waals surface area contributed by atoms with E-state index in [1.165, 1.54) is 37.5 Å². The number of aliphatic hydroxyl groups is 1. The molecule has 0 aliphatic carbocycles. The minimum atomic E-state index is -0.931. The number of furan rings is 1. The van der Waals surface area contributed by atoms with Crippen molar-refractivity contribution >= 4 is 17.4 Å². The summed E-state index contributed by atoms with van der Waals surface area (Å²) in [5.41, 5.74) is -0.199. The van der Waals surface area contributed by atoms with Crippen LogP contribution in [0.5, 0.6) is 5.75 Å². The van der Waals surface area contributed by atoms with Crippen molar-refractivity contribution in [1.29, 1.82) is 0 Å². The van der Waals surface area contributed by atoms with E-state index in [-0.39, 0.29) is 23.4 Å². The number of nitrogens with zero attached hydrogens (tertiary/aromatic N) is 1. The number of aliphatic hydroxyl groups excluding tert-OH is 1. The van der Waals surface area contributed by atoms with Gasteiger partial charge in [-0.05, 0) is 36.8 Å². The van der Waals surface area contributed by atoms with E-state index in [1.54, 1.807) is 12.1 Å². The minimum absolute atomic E-state index is 0.0195. The summed E-state index contributed by atoms with van der Waals surface area (Å²) >= 11 is 0. The maximum atomic E-state index is 13.8. The minimum Gasteiger partial charge on any atom is -0.507 e. The van der Waals surface area contributed by atoms with E-state index in [2.05, 4.69) is 0 Å². The quantitative estimate of drug-likeness (QED) is 0.339. The molecule has 0 spiro atoms. The maximum absolute atomic E-state index is 13.8. The Morgan fingerprint density at radius 2 is 2.07 bits per heavy atom. The van der Waals surface area contributed by atoms with Gasteiger partial charge >= 0.3 is 0 Å². The number of carbonyl (C=O) groups is 2. The number of benzene rings is 1. The highest BCUT2D eigenvalue weighted by molar-refractivity contribution is 6.46. The zero-order valence-corrected chi connectivity index (χ0v) is 15.5. The first-order valence-corrected chi connectivity index (χ1v) is 8.64. The molecule has 2 aromatic rings. The number of halogens is 1. The Kier molecular flexibility index (Phi) is 5.79. The predicted molar refractivity (Wildman–Crippen MR) is 97.2 cm³/mol. The summed E-state index contributed by atoms with van der Waals surface area (Å²) in [6, 6.07) is 5.85. The van der Waals surface area contributed by atoms with Crippen LogP contribution >= 0.6 is 0 Å². The van der Waals surface area contributed by atoms with E-state index >= 15 is 0 Å². The normalized spacial score (nSPS) is 18.7. The molecule has 1 aromatic carbocycles. The number of Topliss-reactive ketones (excluding diaryl/α,β-unsaturated/α-hetero) is 1. The molecule has 148 valence electrons. The molecule has 8 heteroatoms. The first-order valence-electron chi connectivity index (χ1n) is 8.64. The molecule has 1 unspecified atom stereocenters. The fourth-order valence-electron chi connectivity index (χ4n) is 3.24. The molecule has 1 amide bonds. The van der Waals surface area contributed by atoms with Crippen molar-refractivity contribution in [1.82, 2.24) is 4.90 Å². The van der Waals surface area contributed by atoms with Crippen LogP contribution in [0.3, 0.4) is 0 Å². The smallest absolute Gasteiger partial charge is 0.295 e. The Bertz CT molecular complexity index is 905. The third-order valence-electron chi connectivity index (χ3n) is 4.52. The second-order valence-electron chi connectivity index (χ2n) is 6.20. The van der Waals surface area contributed by atoms with E-state index in [0.29, 0.717) is 18.8 Å². The number of ether oxygens (including phenoxy) is 2. The molecule has 1 N–H and O–H groups in total.